The van der Waals surface area contributed by atoms with Gasteiger partial charge in [-0.25, -0.2) is 0 Å². The summed E-state index contributed by atoms with van der Waals surface area (Å²) >= 11 is 11.3. The third kappa shape index (κ3) is 4.21. The molecule has 0 bridgehead atoms. The number of para-hydroxylation sites is 1. The number of rotatable bonds is 5. The zero-order valence-corrected chi connectivity index (χ0v) is 9.80. The monoisotopic (exact) mass is 231 g/mol. The van der Waals surface area contributed by atoms with Crippen molar-refractivity contribution in [1.29, 1.82) is 0 Å². The minimum Gasteiger partial charge on any atom is -0.375 e. The molecule has 1 rings (SSSR count). The van der Waals surface area contributed by atoms with Crippen molar-refractivity contribution >= 4 is 28.9 Å². The molecule has 0 fully saturated rings. The molecule has 0 unspecified atom stereocenters. The number of hydrogen-bond donors (Lipinski definition) is 0. The third-order valence-corrected chi connectivity index (χ3v) is 2.55. The highest BCUT2D eigenvalue weighted by molar-refractivity contribution is 6.44. The average molecular weight is 232 g/mol. The highest BCUT2D eigenvalue weighted by Gasteiger charge is 2.02. The molecule has 14 heavy (non-hydrogen) atoms. The SMILES string of the molecule is CN(CCCC(Cl)Cl)c1ccccc1. The molecule has 0 atom stereocenters. The highest BCUT2D eigenvalue weighted by atomic mass is 35.5. The largest absolute Gasteiger partial charge is 0.375 e. The molecule has 3 heteroatoms. The normalized spacial score (nSPS) is 10.6. The molecule has 0 amide bonds. The van der Waals surface area contributed by atoms with Crippen molar-refractivity contribution in [2.24, 2.45) is 0 Å². The van der Waals surface area contributed by atoms with Crippen LogP contribution in [0.1, 0.15) is 12.8 Å². The Hall–Kier alpha value is -0.400. The molecular weight excluding hydrogens is 217 g/mol. The minimum atomic E-state index is -0.237. The number of halogens is 2. The van der Waals surface area contributed by atoms with E-state index in [9.17, 15) is 0 Å². The summed E-state index contributed by atoms with van der Waals surface area (Å²) in [5.41, 5.74) is 1.23. The van der Waals surface area contributed by atoms with Crippen LogP contribution in [0.5, 0.6) is 0 Å². The summed E-state index contributed by atoms with van der Waals surface area (Å²) in [6.45, 7) is 0.986. The van der Waals surface area contributed by atoms with Gasteiger partial charge in [-0.15, -0.1) is 23.2 Å². The van der Waals surface area contributed by atoms with E-state index in [1.807, 2.05) is 18.2 Å². The van der Waals surface area contributed by atoms with Crippen LogP contribution in [0, 0.1) is 0 Å². The second-order valence-electron chi connectivity index (χ2n) is 3.29. The Morgan fingerprint density at radius 1 is 1.21 bits per heavy atom. The molecule has 1 aromatic carbocycles. The lowest BCUT2D eigenvalue weighted by atomic mass is 10.2. The van der Waals surface area contributed by atoms with Gasteiger partial charge in [0, 0.05) is 19.3 Å². The molecule has 78 valence electrons. The van der Waals surface area contributed by atoms with E-state index in [1.165, 1.54) is 5.69 Å². The quantitative estimate of drug-likeness (QED) is 0.699. The van der Waals surface area contributed by atoms with Gasteiger partial charge in [-0.3, -0.25) is 0 Å². The first-order valence-electron chi connectivity index (χ1n) is 4.74. The van der Waals surface area contributed by atoms with E-state index in [2.05, 4.69) is 24.1 Å². The Labute approximate surface area is 95.6 Å². The van der Waals surface area contributed by atoms with Gasteiger partial charge in [-0.2, -0.15) is 0 Å². The molecule has 1 nitrogen and oxygen atoms in total. The summed E-state index contributed by atoms with van der Waals surface area (Å²) in [5.74, 6) is 0. The summed E-state index contributed by atoms with van der Waals surface area (Å²) < 4.78 is 0. The van der Waals surface area contributed by atoms with Crippen molar-refractivity contribution < 1.29 is 0 Å². The fourth-order valence-electron chi connectivity index (χ4n) is 1.29. The first kappa shape index (κ1) is 11.7. The van der Waals surface area contributed by atoms with Gasteiger partial charge in [0.15, 0.2) is 0 Å². The lowest BCUT2D eigenvalue weighted by Gasteiger charge is -2.19. The number of anilines is 1. The van der Waals surface area contributed by atoms with Crippen molar-refractivity contribution in [1.82, 2.24) is 0 Å². The molecule has 0 heterocycles. The topological polar surface area (TPSA) is 3.24 Å². The molecular formula is C11H15Cl2N. The Morgan fingerprint density at radius 2 is 1.86 bits per heavy atom. The summed E-state index contributed by atoms with van der Waals surface area (Å²) in [6.07, 6.45) is 1.86. The van der Waals surface area contributed by atoms with E-state index < -0.39 is 0 Å². The summed E-state index contributed by atoms with van der Waals surface area (Å²) in [5, 5.41) is 0. The first-order valence-corrected chi connectivity index (χ1v) is 5.62. The highest BCUT2D eigenvalue weighted by Crippen LogP contribution is 2.14. The van der Waals surface area contributed by atoms with Crippen LogP contribution in [0.25, 0.3) is 0 Å². The maximum Gasteiger partial charge on any atom is 0.107 e. The van der Waals surface area contributed by atoms with Gasteiger partial charge in [-0.05, 0) is 25.0 Å². The number of nitrogens with zero attached hydrogens (tertiary/aromatic N) is 1. The number of hydrogen-bond acceptors (Lipinski definition) is 1. The van der Waals surface area contributed by atoms with Crippen LogP contribution in [-0.2, 0) is 0 Å². The van der Waals surface area contributed by atoms with E-state index in [0.717, 1.165) is 19.4 Å². The Kier molecular flexibility index (Phi) is 5.13. The van der Waals surface area contributed by atoms with E-state index in [-0.39, 0.29) is 4.84 Å². The van der Waals surface area contributed by atoms with E-state index in [4.69, 9.17) is 23.2 Å². The fraction of sp³-hybridized carbons (Fsp3) is 0.455. The van der Waals surface area contributed by atoms with E-state index >= 15 is 0 Å². The molecule has 0 aliphatic carbocycles. The van der Waals surface area contributed by atoms with Crippen LogP contribution in [0.2, 0.25) is 0 Å². The van der Waals surface area contributed by atoms with Crippen LogP contribution in [0.15, 0.2) is 30.3 Å². The predicted molar refractivity (Wildman–Crippen MR) is 64.4 cm³/mol. The molecule has 1 aromatic rings. The minimum absolute atomic E-state index is 0.237. The van der Waals surface area contributed by atoms with Gasteiger partial charge in [0.2, 0.25) is 0 Å². The maximum atomic E-state index is 5.65. The number of alkyl halides is 2. The smallest absolute Gasteiger partial charge is 0.107 e. The fourth-order valence-corrected chi connectivity index (χ4v) is 1.60. The van der Waals surface area contributed by atoms with Crippen molar-refractivity contribution in [2.45, 2.75) is 17.7 Å². The first-order chi connectivity index (χ1) is 6.70. The second kappa shape index (κ2) is 6.15. The summed E-state index contributed by atoms with van der Waals surface area (Å²) in [6, 6.07) is 10.3. The average Bonchev–Trinajstić information content (AvgIpc) is 2.18. The molecule has 0 aliphatic heterocycles. The summed E-state index contributed by atoms with van der Waals surface area (Å²) in [4.78, 5) is 1.97. The molecule has 0 saturated carbocycles. The van der Waals surface area contributed by atoms with Crippen LogP contribution in [-0.4, -0.2) is 18.4 Å². The van der Waals surface area contributed by atoms with Gasteiger partial charge in [0.05, 0.1) is 0 Å². The Morgan fingerprint density at radius 3 is 2.43 bits per heavy atom. The van der Waals surface area contributed by atoms with E-state index in [0.29, 0.717) is 0 Å². The van der Waals surface area contributed by atoms with Gasteiger partial charge >= 0.3 is 0 Å². The Balaban J connectivity index is 2.32. The van der Waals surface area contributed by atoms with Crippen LogP contribution >= 0.6 is 23.2 Å². The zero-order valence-electron chi connectivity index (χ0n) is 8.29. The van der Waals surface area contributed by atoms with Crippen molar-refractivity contribution in [3.8, 4) is 0 Å². The molecule has 0 aromatic heterocycles. The van der Waals surface area contributed by atoms with Gasteiger partial charge < -0.3 is 4.90 Å². The van der Waals surface area contributed by atoms with Crippen LogP contribution in [0.3, 0.4) is 0 Å². The van der Waals surface area contributed by atoms with E-state index in [1.54, 1.807) is 0 Å². The Bertz CT molecular complexity index is 249. The lowest BCUT2D eigenvalue weighted by molar-refractivity contribution is 0.754. The lowest BCUT2D eigenvalue weighted by Crippen LogP contribution is -2.18. The molecule has 0 radical (unpaired) electrons. The predicted octanol–water partition coefficient (Wildman–Crippen LogP) is 3.71. The number of benzene rings is 1. The van der Waals surface area contributed by atoms with Crippen LogP contribution in [0.4, 0.5) is 5.69 Å². The maximum absolute atomic E-state index is 5.65. The van der Waals surface area contributed by atoms with Crippen molar-refractivity contribution in [2.75, 3.05) is 18.5 Å². The third-order valence-electron chi connectivity index (χ3n) is 2.11. The summed E-state index contributed by atoms with van der Waals surface area (Å²) in [7, 11) is 2.08. The van der Waals surface area contributed by atoms with Gasteiger partial charge in [0.25, 0.3) is 0 Å². The molecule has 0 saturated heterocycles. The van der Waals surface area contributed by atoms with Crippen molar-refractivity contribution in [3.05, 3.63) is 30.3 Å². The molecule has 0 aliphatic rings. The zero-order chi connectivity index (χ0) is 10.4. The van der Waals surface area contributed by atoms with Crippen molar-refractivity contribution in [3.63, 3.8) is 0 Å². The van der Waals surface area contributed by atoms with Gasteiger partial charge in [0.1, 0.15) is 4.84 Å². The molecule has 0 spiro atoms. The second-order valence-corrected chi connectivity index (χ2v) is 4.57. The van der Waals surface area contributed by atoms with Gasteiger partial charge in [-0.1, -0.05) is 18.2 Å². The standard InChI is InChI=1S/C11H15Cl2N/c1-14(9-5-8-11(12)13)10-6-3-2-4-7-10/h2-4,6-7,11H,5,8-9H2,1H3. The van der Waals surface area contributed by atoms with Crippen LogP contribution < -0.4 is 4.90 Å². The molecule has 0 N–H and O–H groups in total.